The molecule has 0 fully saturated rings. The molecule has 0 bridgehead atoms. The maximum Gasteiger partial charge on any atom is 0.339 e. The van der Waals surface area contributed by atoms with E-state index in [1.165, 1.54) is 13.2 Å². The molecule has 18 heavy (non-hydrogen) atoms. The van der Waals surface area contributed by atoms with Crippen LogP contribution in [-0.2, 0) is 0 Å². The van der Waals surface area contributed by atoms with Gasteiger partial charge in [0.15, 0.2) is 11.5 Å². The number of ether oxygens (including phenoxy) is 2. The summed E-state index contributed by atoms with van der Waals surface area (Å²) in [4.78, 5) is 11.1. The Morgan fingerprint density at radius 2 is 2.00 bits per heavy atom. The molecule has 0 aromatic heterocycles. The average Bonchev–Trinajstić information content (AvgIpc) is 2.39. The van der Waals surface area contributed by atoms with Crippen molar-refractivity contribution in [1.29, 1.82) is 0 Å². The minimum absolute atomic E-state index is 0.139. The van der Waals surface area contributed by atoms with Crippen molar-refractivity contribution in [3.8, 4) is 11.5 Å². The van der Waals surface area contributed by atoms with Gasteiger partial charge in [-0.1, -0.05) is 32.8 Å². The van der Waals surface area contributed by atoms with Crippen molar-refractivity contribution in [2.75, 3.05) is 13.7 Å². The molecule has 0 aliphatic heterocycles. The molecule has 1 N–H and O–H groups in total. The highest BCUT2D eigenvalue weighted by molar-refractivity contribution is 5.92. The first-order valence-corrected chi connectivity index (χ1v) is 6.17. The molecule has 100 valence electrons. The van der Waals surface area contributed by atoms with Crippen molar-refractivity contribution >= 4 is 5.97 Å². The van der Waals surface area contributed by atoms with Gasteiger partial charge in [0.25, 0.3) is 0 Å². The first-order chi connectivity index (χ1) is 8.63. The van der Waals surface area contributed by atoms with E-state index in [2.05, 4.69) is 13.8 Å². The van der Waals surface area contributed by atoms with Crippen molar-refractivity contribution in [3.63, 3.8) is 0 Å². The Morgan fingerprint density at radius 3 is 2.50 bits per heavy atom. The second-order valence-corrected chi connectivity index (χ2v) is 4.14. The molecule has 0 saturated heterocycles. The van der Waals surface area contributed by atoms with Gasteiger partial charge in [-0.3, -0.25) is 0 Å². The van der Waals surface area contributed by atoms with Crippen LogP contribution < -0.4 is 9.47 Å². The Kier molecular flexibility index (Phi) is 5.49. The van der Waals surface area contributed by atoms with Gasteiger partial charge in [0.2, 0.25) is 0 Å². The van der Waals surface area contributed by atoms with E-state index < -0.39 is 5.97 Å². The molecule has 4 nitrogen and oxygen atoms in total. The van der Waals surface area contributed by atoms with Crippen LogP contribution in [0, 0.1) is 5.92 Å². The number of rotatable bonds is 7. The highest BCUT2D eigenvalue weighted by Crippen LogP contribution is 2.31. The van der Waals surface area contributed by atoms with Crippen LogP contribution in [0.5, 0.6) is 11.5 Å². The Balaban J connectivity index is 2.94. The fourth-order valence-corrected chi connectivity index (χ4v) is 1.72. The summed E-state index contributed by atoms with van der Waals surface area (Å²) in [7, 11) is 1.50. The van der Waals surface area contributed by atoms with E-state index in [9.17, 15) is 4.79 Å². The SMILES string of the molecule is CCC(CC)COc1c(OC)cccc1C(=O)O. The zero-order valence-electron chi connectivity index (χ0n) is 11.1. The van der Waals surface area contributed by atoms with Gasteiger partial charge in [0.1, 0.15) is 5.56 Å². The molecule has 0 aliphatic rings. The van der Waals surface area contributed by atoms with E-state index in [4.69, 9.17) is 14.6 Å². The largest absolute Gasteiger partial charge is 0.493 e. The lowest BCUT2D eigenvalue weighted by Gasteiger charge is -2.17. The van der Waals surface area contributed by atoms with Crippen molar-refractivity contribution in [2.45, 2.75) is 26.7 Å². The molecule has 0 amide bonds. The maximum absolute atomic E-state index is 11.1. The summed E-state index contributed by atoms with van der Waals surface area (Å²) in [5.41, 5.74) is 0.139. The average molecular weight is 252 g/mol. The predicted molar refractivity (Wildman–Crippen MR) is 69.5 cm³/mol. The lowest BCUT2D eigenvalue weighted by atomic mass is 10.1. The van der Waals surface area contributed by atoms with Crippen LogP contribution in [0.4, 0.5) is 0 Å². The normalized spacial score (nSPS) is 10.4. The van der Waals surface area contributed by atoms with Gasteiger partial charge < -0.3 is 14.6 Å². The number of benzene rings is 1. The van der Waals surface area contributed by atoms with Crippen LogP contribution in [0.3, 0.4) is 0 Å². The van der Waals surface area contributed by atoms with E-state index in [-0.39, 0.29) is 5.56 Å². The van der Waals surface area contributed by atoms with Gasteiger partial charge in [-0.15, -0.1) is 0 Å². The quantitative estimate of drug-likeness (QED) is 0.809. The summed E-state index contributed by atoms with van der Waals surface area (Å²) >= 11 is 0. The second-order valence-electron chi connectivity index (χ2n) is 4.14. The summed E-state index contributed by atoms with van der Waals surface area (Å²) in [5.74, 6) is 0.199. The third-order valence-electron chi connectivity index (χ3n) is 3.05. The highest BCUT2D eigenvalue weighted by Gasteiger charge is 2.17. The number of carboxylic acid groups (broad SMARTS) is 1. The van der Waals surface area contributed by atoms with E-state index in [0.717, 1.165) is 12.8 Å². The van der Waals surface area contributed by atoms with Crippen molar-refractivity contribution in [1.82, 2.24) is 0 Å². The Bertz CT molecular complexity index is 397. The number of hydrogen-bond donors (Lipinski definition) is 1. The molecular formula is C14H20O4. The first kappa shape index (κ1) is 14.4. The van der Waals surface area contributed by atoms with Crippen LogP contribution in [0.1, 0.15) is 37.0 Å². The topological polar surface area (TPSA) is 55.8 Å². The molecule has 0 spiro atoms. The third-order valence-corrected chi connectivity index (χ3v) is 3.05. The van der Waals surface area contributed by atoms with Gasteiger partial charge in [0, 0.05) is 0 Å². The molecule has 0 unspecified atom stereocenters. The Morgan fingerprint density at radius 1 is 1.33 bits per heavy atom. The van der Waals surface area contributed by atoms with Gasteiger partial charge in [-0.25, -0.2) is 4.79 Å². The van der Waals surface area contributed by atoms with Crippen LogP contribution in [0.15, 0.2) is 18.2 Å². The fourth-order valence-electron chi connectivity index (χ4n) is 1.72. The molecule has 0 atom stereocenters. The minimum atomic E-state index is -1.01. The van der Waals surface area contributed by atoms with Crippen LogP contribution in [0.2, 0.25) is 0 Å². The monoisotopic (exact) mass is 252 g/mol. The number of aromatic carboxylic acids is 1. The molecule has 1 rings (SSSR count). The number of carboxylic acids is 1. The number of para-hydroxylation sites is 1. The number of hydrogen-bond acceptors (Lipinski definition) is 3. The summed E-state index contributed by atoms with van der Waals surface area (Å²) in [6.45, 7) is 4.70. The first-order valence-electron chi connectivity index (χ1n) is 6.17. The van der Waals surface area contributed by atoms with Gasteiger partial charge in [-0.2, -0.15) is 0 Å². The van der Waals surface area contributed by atoms with E-state index >= 15 is 0 Å². The molecule has 0 saturated carbocycles. The molecule has 0 heterocycles. The molecule has 0 aliphatic carbocycles. The van der Waals surface area contributed by atoms with Crippen LogP contribution >= 0.6 is 0 Å². The number of carbonyl (C=O) groups is 1. The molecular weight excluding hydrogens is 232 g/mol. The maximum atomic E-state index is 11.1. The van der Waals surface area contributed by atoms with Gasteiger partial charge in [-0.05, 0) is 18.1 Å². The summed E-state index contributed by atoms with van der Waals surface area (Å²) in [6, 6.07) is 4.87. The van der Waals surface area contributed by atoms with Crippen LogP contribution in [-0.4, -0.2) is 24.8 Å². The predicted octanol–water partition coefficient (Wildman–Crippen LogP) is 3.21. The second kappa shape index (κ2) is 6.89. The molecule has 1 aromatic carbocycles. The van der Waals surface area contributed by atoms with Crippen LogP contribution in [0.25, 0.3) is 0 Å². The molecule has 1 aromatic rings. The smallest absolute Gasteiger partial charge is 0.339 e. The van der Waals surface area contributed by atoms with Crippen molar-refractivity contribution in [3.05, 3.63) is 23.8 Å². The summed E-state index contributed by atoms with van der Waals surface area (Å²) in [6.07, 6.45) is 2.02. The Labute approximate surface area is 108 Å². The summed E-state index contributed by atoms with van der Waals surface area (Å²) < 4.78 is 10.8. The highest BCUT2D eigenvalue weighted by atomic mass is 16.5. The number of methoxy groups -OCH3 is 1. The Hall–Kier alpha value is -1.71. The lowest BCUT2D eigenvalue weighted by Crippen LogP contribution is -2.13. The third kappa shape index (κ3) is 3.39. The van der Waals surface area contributed by atoms with Crippen molar-refractivity contribution in [2.24, 2.45) is 5.92 Å². The van der Waals surface area contributed by atoms with E-state index in [0.29, 0.717) is 24.0 Å². The van der Waals surface area contributed by atoms with E-state index in [1.54, 1.807) is 12.1 Å². The lowest BCUT2D eigenvalue weighted by molar-refractivity contribution is 0.0690. The zero-order valence-corrected chi connectivity index (χ0v) is 11.1. The van der Waals surface area contributed by atoms with Gasteiger partial charge in [0.05, 0.1) is 13.7 Å². The summed E-state index contributed by atoms with van der Waals surface area (Å²) in [5, 5.41) is 9.13. The molecule has 0 radical (unpaired) electrons. The zero-order chi connectivity index (χ0) is 13.5. The molecule has 4 heteroatoms. The van der Waals surface area contributed by atoms with Gasteiger partial charge >= 0.3 is 5.97 Å². The minimum Gasteiger partial charge on any atom is -0.493 e. The fraction of sp³-hybridized carbons (Fsp3) is 0.500. The standard InChI is InChI=1S/C14H20O4/c1-4-10(5-2)9-18-13-11(14(15)16)7-6-8-12(13)17-3/h6-8,10H,4-5,9H2,1-3H3,(H,15,16). The van der Waals surface area contributed by atoms with Crippen molar-refractivity contribution < 1.29 is 19.4 Å². The van der Waals surface area contributed by atoms with E-state index in [1.807, 2.05) is 0 Å².